The molecule has 2 amide bonds. The lowest BCUT2D eigenvalue weighted by atomic mass is 9.97. The SMILES string of the molecule is CC(C)(C)OC(=O)N1CCC(NC(=O)C2CCCN(S(C)(=O)=O)C2)CC1. The molecule has 0 saturated carbocycles. The summed E-state index contributed by atoms with van der Waals surface area (Å²) in [6.07, 6.45) is 3.61. The first-order valence-electron chi connectivity index (χ1n) is 9.19. The van der Waals surface area contributed by atoms with Crippen LogP contribution in [-0.2, 0) is 19.6 Å². The smallest absolute Gasteiger partial charge is 0.410 e. The molecule has 0 aromatic rings. The number of ether oxygens (including phenoxy) is 1. The third-order valence-electron chi connectivity index (χ3n) is 4.72. The molecular weight excluding hydrogens is 358 g/mol. The van der Waals surface area contributed by atoms with Crippen LogP contribution in [0.2, 0.25) is 0 Å². The monoisotopic (exact) mass is 389 g/mol. The first kappa shape index (κ1) is 21.0. The number of carbonyl (C=O) groups is 2. The van der Waals surface area contributed by atoms with E-state index in [0.717, 1.165) is 0 Å². The Bertz CT molecular complexity index is 621. The Morgan fingerprint density at radius 2 is 1.69 bits per heavy atom. The van der Waals surface area contributed by atoms with Gasteiger partial charge in [-0.05, 0) is 46.5 Å². The predicted octanol–water partition coefficient (Wildman–Crippen LogP) is 1.17. The minimum absolute atomic E-state index is 0.00907. The molecule has 1 unspecified atom stereocenters. The minimum Gasteiger partial charge on any atom is -0.444 e. The first-order chi connectivity index (χ1) is 12.0. The van der Waals surface area contributed by atoms with E-state index in [1.807, 2.05) is 20.8 Å². The predicted molar refractivity (Wildman–Crippen MR) is 98.1 cm³/mol. The summed E-state index contributed by atoms with van der Waals surface area (Å²) in [6.45, 7) is 7.32. The van der Waals surface area contributed by atoms with Crippen LogP contribution in [0.1, 0.15) is 46.5 Å². The lowest BCUT2D eigenvalue weighted by Gasteiger charge is -2.35. The van der Waals surface area contributed by atoms with E-state index in [1.165, 1.54) is 10.6 Å². The van der Waals surface area contributed by atoms with Gasteiger partial charge in [-0.15, -0.1) is 0 Å². The topological polar surface area (TPSA) is 96.0 Å². The van der Waals surface area contributed by atoms with E-state index < -0.39 is 15.6 Å². The first-order valence-corrected chi connectivity index (χ1v) is 11.0. The Kier molecular flexibility index (Phi) is 6.55. The number of nitrogens with one attached hydrogen (secondary N) is 1. The van der Waals surface area contributed by atoms with Gasteiger partial charge in [-0.25, -0.2) is 17.5 Å². The maximum atomic E-state index is 12.5. The van der Waals surface area contributed by atoms with Crippen LogP contribution in [0, 0.1) is 5.92 Å². The second-order valence-corrected chi connectivity index (χ2v) is 10.2. The Balaban J connectivity index is 1.80. The third-order valence-corrected chi connectivity index (χ3v) is 5.99. The van der Waals surface area contributed by atoms with Crippen LogP contribution in [-0.4, -0.2) is 73.7 Å². The highest BCUT2D eigenvalue weighted by Crippen LogP contribution is 2.20. The molecule has 2 aliphatic rings. The normalized spacial score (nSPS) is 23.5. The van der Waals surface area contributed by atoms with E-state index in [0.29, 0.717) is 45.3 Å². The lowest BCUT2D eigenvalue weighted by Crippen LogP contribution is -2.51. The number of likely N-dealkylation sites (tertiary alicyclic amines) is 1. The molecule has 2 fully saturated rings. The summed E-state index contributed by atoms with van der Waals surface area (Å²) in [5, 5.41) is 3.03. The lowest BCUT2D eigenvalue weighted by molar-refractivity contribution is -0.127. The molecule has 8 nitrogen and oxygen atoms in total. The van der Waals surface area contributed by atoms with Crippen LogP contribution in [0.4, 0.5) is 4.79 Å². The van der Waals surface area contributed by atoms with Gasteiger partial charge in [0.1, 0.15) is 5.60 Å². The summed E-state index contributed by atoms with van der Waals surface area (Å²) in [6, 6.07) is 0.00907. The van der Waals surface area contributed by atoms with Crippen LogP contribution >= 0.6 is 0 Å². The van der Waals surface area contributed by atoms with Crippen molar-refractivity contribution in [2.24, 2.45) is 5.92 Å². The van der Waals surface area contributed by atoms with Gasteiger partial charge >= 0.3 is 6.09 Å². The minimum atomic E-state index is -3.26. The Morgan fingerprint density at radius 1 is 1.08 bits per heavy atom. The largest absolute Gasteiger partial charge is 0.444 e. The average molecular weight is 390 g/mol. The molecule has 2 rings (SSSR count). The van der Waals surface area contributed by atoms with E-state index in [1.54, 1.807) is 4.90 Å². The molecule has 0 aliphatic carbocycles. The number of carbonyl (C=O) groups excluding carboxylic acids is 2. The van der Waals surface area contributed by atoms with E-state index in [-0.39, 0.29) is 30.5 Å². The van der Waals surface area contributed by atoms with Gasteiger partial charge < -0.3 is 15.0 Å². The molecule has 2 saturated heterocycles. The highest BCUT2D eigenvalue weighted by molar-refractivity contribution is 7.88. The van der Waals surface area contributed by atoms with Gasteiger partial charge in [0, 0.05) is 32.2 Å². The zero-order chi connectivity index (χ0) is 19.5. The summed E-state index contributed by atoms with van der Waals surface area (Å²) >= 11 is 0. The zero-order valence-electron chi connectivity index (χ0n) is 16.2. The highest BCUT2D eigenvalue weighted by atomic mass is 32.2. The van der Waals surface area contributed by atoms with E-state index >= 15 is 0 Å². The molecule has 2 heterocycles. The summed E-state index contributed by atoms with van der Waals surface area (Å²) < 4.78 is 30.1. The van der Waals surface area contributed by atoms with Crippen molar-refractivity contribution in [1.29, 1.82) is 0 Å². The van der Waals surface area contributed by atoms with Crippen LogP contribution in [0.15, 0.2) is 0 Å². The molecule has 26 heavy (non-hydrogen) atoms. The van der Waals surface area contributed by atoms with Crippen molar-refractivity contribution in [2.45, 2.75) is 58.1 Å². The fraction of sp³-hybridized carbons (Fsp3) is 0.882. The molecule has 0 aromatic carbocycles. The van der Waals surface area contributed by atoms with Crippen molar-refractivity contribution in [1.82, 2.24) is 14.5 Å². The molecule has 150 valence electrons. The van der Waals surface area contributed by atoms with Gasteiger partial charge in [0.25, 0.3) is 0 Å². The Hall–Kier alpha value is -1.35. The fourth-order valence-corrected chi connectivity index (χ4v) is 4.22. The number of nitrogens with zero attached hydrogens (tertiary/aromatic N) is 2. The number of amides is 2. The summed E-state index contributed by atoms with van der Waals surface area (Å²) in [5.41, 5.74) is -0.519. The zero-order valence-corrected chi connectivity index (χ0v) is 17.0. The van der Waals surface area contributed by atoms with E-state index in [4.69, 9.17) is 4.74 Å². The number of hydrogen-bond donors (Lipinski definition) is 1. The fourth-order valence-electron chi connectivity index (χ4n) is 3.31. The van der Waals surface area contributed by atoms with Crippen molar-refractivity contribution < 1.29 is 22.7 Å². The van der Waals surface area contributed by atoms with Crippen molar-refractivity contribution in [3.63, 3.8) is 0 Å². The number of piperidine rings is 2. The molecule has 1 atom stereocenters. The van der Waals surface area contributed by atoms with Gasteiger partial charge in [0.05, 0.1) is 12.2 Å². The summed E-state index contributed by atoms with van der Waals surface area (Å²) in [7, 11) is -3.26. The molecule has 1 N–H and O–H groups in total. The molecule has 0 spiro atoms. The standard InChI is InChI=1S/C17H31N3O5S/c1-17(2,3)25-16(22)19-10-7-14(8-11-19)18-15(21)13-6-5-9-20(12-13)26(4,23)24/h13-14H,5-12H2,1-4H3,(H,18,21). The summed E-state index contributed by atoms with van der Waals surface area (Å²) in [5.74, 6) is -0.392. The highest BCUT2D eigenvalue weighted by Gasteiger charge is 2.32. The van der Waals surface area contributed by atoms with Crippen molar-refractivity contribution in [3.8, 4) is 0 Å². The number of sulfonamides is 1. The van der Waals surface area contributed by atoms with Crippen LogP contribution < -0.4 is 5.32 Å². The van der Waals surface area contributed by atoms with Crippen molar-refractivity contribution in [2.75, 3.05) is 32.4 Å². The van der Waals surface area contributed by atoms with Gasteiger partial charge in [0.15, 0.2) is 0 Å². The van der Waals surface area contributed by atoms with Gasteiger partial charge in [0.2, 0.25) is 15.9 Å². The third kappa shape index (κ3) is 6.12. The second-order valence-electron chi connectivity index (χ2n) is 8.21. The maximum Gasteiger partial charge on any atom is 0.410 e. The van der Waals surface area contributed by atoms with E-state index in [2.05, 4.69) is 5.32 Å². The molecule has 9 heteroatoms. The molecule has 0 bridgehead atoms. The van der Waals surface area contributed by atoms with Crippen molar-refractivity contribution >= 4 is 22.0 Å². The number of hydrogen-bond acceptors (Lipinski definition) is 5. The van der Waals surface area contributed by atoms with Crippen LogP contribution in [0.5, 0.6) is 0 Å². The molecule has 0 radical (unpaired) electrons. The second kappa shape index (κ2) is 8.12. The maximum absolute atomic E-state index is 12.5. The van der Waals surface area contributed by atoms with Gasteiger partial charge in [-0.2, -0.15) is 0 Å². The Labute approximate surface area is 156 Å². The molecule has 2 aliphatic heterocycles. The van der Waals surface area contributed by atoms with Crippen LogP contribution in [0.25, 0.3) is 0 Å². The molecular formula is C17H31N3O5S. The number of rotatable bonds is 3. The molecule has 0 aromatic heterocycles. The summed E-state index contributed by atoms with van der Waals surface area (Å²) in [4.78, 5) is 26.2. The van der Waals surface area contributed by atoms with Gasteiger partial charge in [-0.1, -0.05) is 0 Å². The van der Waals surface area contributed by atoms with Crippen molar-refractivity contribution in [3.05, 3.63) is 0 Å². The average Bonchev–Trinajstić information content (AvgIpc) is 2.53. The van der Waals surface area contributed by atoms with Gasteiger partial charge in [-0.3, -0.25) is 4.79 Å². The van der Waals surface area contributed by atoms with E-state index in [9.17, 15) is 18.0 Å². The van der Waals surface area contributed by atoms with Crippen LogP contribution in [0.3, 0.4) is 0 Å². The quantitative estimate of drug-likeness (QED) is 0.782. The Morgan fingerprint density at radius 3 is 2.23 bits per heavy atom.